The van der Waals surface area contributed by atoms with Gasteiger partial charge in [0.05, 0.1) is 6.04 Å². The van der Waals surface area contributed by atoms with Gasteiger partial charge in [-0.3, -0.25) is 19.2 Å². The van der Waals surface area contributed by atoms with Gasteiger partial charge in [-0.15, -0.1) is 0 Å². The van der Waals surface area contributed by atoms with Gasteiger partial charge >= 0.3 is 11.9 Å². The lowest BCUT2D eigenvalue weighted by Gasteiger charge is -2.19. The van der Waals surface area contributed by atoms with Crippen molar-refractivity contribution in [2.75, 3.05) is 0 Å². The van der Waals surface area contributed by atoms with Crippen LogP contribution in [0.3, 0.4) is 0 Å². The summed E-state index contributed by atoms with van der Waals surface area (Å²) in [6.45, 7) is 3.62. The number of nitrogens with one attached hydrogen (secondary N) is 3. The summed E-state index contributed by atoms with van der Waals surface area (Å²) in [6.07, 6.45) is 9.99. The first-order valence-corrected chi connectivity index (χ1v) is 14.3. The molecule has 230 valence electrons. The molecule has 4 atom stereocenters. The summed E-state index contributed by atoms with van der Waals surface area (Å²) in [5, 5.41) is 25.9. The molecule has 0 unspecified atom stereocenters. The number of amides is 4. The quantitative estimate of drug-likeness (QED) is 0.0826. The van der Waals surface area contributed by atoms with E-state index in [2.05, 4.69) is 22.9 Å². The Bertz CT molecular complexity index is 823. The van der Waals surface area contributed by atoms with Crippen molar-refractivity contribution >= 4 is 35.6 Å². The van der Waals surface area contributed by atoms with Crippen LogP contribution in [0.5, 0.6) is 0 Å². The Balaban J connectivity index is 4.45. The second kappa shape index (κ2) is 21.6. The van der Waals surface area contributed by atoms with Crippen LogP contribution in [0.1, 0.15) is 110 Å². The van der Waals surface area contributed by atoms with Gasteiger partial charge in [0.1, 0.15) is 18.1 Å². The predicted molar refractivity (Wildman–Crippen MR) is 149 cm³/mol. The lowest BCUT2D eigenvalue weighted by molar-refractivity contribution is -0.143. The maximum absolute atomic E-state index is 12.4. The molecule has 0 aromatic rings. The molecule has 0 aromatic heterocycles. The van der Waals surface area contributed by atoms with E-state index in [0.29, 0.717) is 6.42 Å². The van der Waals surface area contributed by atoms with Crippen molar-refractivity contribution in [2.45, 2.75) is 134 Å². The Morgan fingerprint density at radius 3 is 1.68 bits per heavy atom. The molecule has 0 aromatic carbocycles. The lowest BCUT2D eigenvalue weighted by Crippen LogP contribution is -2.50. The van der Waals surface area contributed by atoms with Crippen molar-refractivity contribution < 1.29 is 39.0 Å². The van der Waals surface area contributed by atoms with E-state index in [-0.39, 0.29) is 44.4 Å². The molecule has 0 saturated carbocycles. The Morgan fingerprint density at radius 1 is 0.650 bits per heavy atom. The van der Waals surface area contributed by atoms with Crippen LogP contribution in [-0.4, -0.2) is 69.9 Å². The van der Waals surface area contributed by atoms with E-state index in [9.17, 15) is 39.0 Å². The van der Waals surface area contributed by atoms with Crippen molar-refractivity contribution in [1.29, 1.82) is 0 Å². The summed E-state index contributed by atoms with van der Waals surface area (Å²) < 4.78 is 0. The Morgan fingerprint density at radius 2 is 1.15 bits per heavy atom. The van der Waals surface area contributed by atoms with Gasteiger partial charge in [0.15, 0.2) is 0 Å². The first-order chi connectivity index (χ1) is 18.9. The summed E-state index contributed by atoms with van der Waals surface area (Å²) in [4.78, 5) is 70.9. The Hall–Kier alpha value is -3.22. The van der Waals surface area contributed by atoms with Gasteiger partial charge < -0.3 is 37.6 Å². The molecule has 13 nitrogen and oxygen atoms in total. The highest BCUT2D eigenvalue weighted by Gasteiger charge is 2.26. The van der Waals surface area contributed by atoms with Gasteiger partial charge in [-0.25, -0.2) is 9.59 Å². The molecule has 0 radical (unpaired) electrons. The molecule has 0 heterocycles. The molecule has 0 aliphatic rings. The normalized spacial score (nSPS) is 13.9. The average molecular weight is 572 g/mol. The molecule has 0 aliphatic heterocycles. The number of unbranched alkanes of at least 4 members (excludes halogenated alkanes) is 8. The number of primary amides is 1. The number of rotatable bonds is 24. The van der Waals surface area contributed by atoms with Crippen molar-refractivity contribution in [3.05, 3.63) is 0 Å². The number of hydrogen-bond donors (Lipinski definition) is 7. The highest BCUT2D eigenvalue weighted by atomic mass is 16.4. The Labute approximate surface area is 236 Å². The molecule has 0 spiro atoms. The minimum absolute atomic E-state index is 0.00257. The number of aliphatic carboxylic acids is 2. The first kappa shape index (κ1) is 36.8. The van der Waals surface area contributed by atoms with E-state index in [4.69, 9.17) is 11.5 Å². The fraction of sp³-hybridized carbons (Fsp3) is 0.778. The van der Waals surface area contributed by atoms with Crippen molar-refractivity contribution in [2.24, 2.45) is 11.5 Å². The Kier molecular flexibility index (Phi) is 19.8. The van der Waals surface area contributed by atoms with Gasteiger partial charge in [-0.2, -0.15) is 0 Å². The van der Waals surface area contributed by atoms with Gasteiger partial charge in [-0.1, -0.05) is 58.3 Å². The fourth-order valence-electron chi connectivity index (χ4n) is 4.01. The summed E-state index contributed by atoms with van der Waals surface area (Å²) in [7, 11) is 0. The third kappa shape index (κ3) is 18.1. The topological polar surface area (TPSA) is 231 Å². The SMILES string of the molecule is CCCCCCCCCCCC(=O)N[C@@H](C)C(=O)N[C@H](CCC(=O)N[C@H](CCC[C@H](N)C(N)=O)C(=O)O)C(=O)O. The number of carbonyl (C=O) groups excluding carboxylic acids is 4. The van der Waals surface area contributed by atoms with Gasteiger partial charge in [0.25, 0.3) is 0 Å². The molecular formula is C27H49N5O8. The standard InChI is InChI=1S/C27H49N5O8/c1-3-4-5-6-7-8-9-10-11-15-22(33)30-18(2)25(36)32-21(27(39)40)16-17-23(34)31-20(26(37)38)14-12-13-19(28)24(29)35/h18-21H,3-17,28H2,1-2H3,(H2,29,35)(H,30,33)(H,31,34)(H,32,36)(H,37,38)(H,39,40)/t18-,19-,20+,21+/m0/s1. The number of carbonyl (C=O) groups is 6. The van der Waals surface area contributed by atoms with E-state index < -0.39 is 53.8 Å². The smallest absolute Gasteiger partial charge is 0.326 e. The minimum Gasteiger partial charge on any atom is -0.480 e. The van der Waals surface area contributed by atoms with E-state index in [1.807, 2.05) is 0 Å². The molecule has 4 amide bonds. The molecule has 0 saturated heterocycles. The van der Waals surface area contributed by atoms with Crippen LogP contribution in [0, 0.1) is 0 Å². The zero-order valence-electron chi connectivity index (χ0n) is 23.9. The van der Waals surface area contributed by atoms with Crippen LogP contribution in [0.15, 0.2) is 0 Å². The summed E-state index contributed by atoms with van der Waals surface area (Å²) >= 11 is 0. The number of hydrogen-bond acceptors (Lipinski definition) is 7. The summed E-state index contributed by atoms with van der Waals surface area (Å²) in [5.74, 6) is -5.10. The highest BCUT2D eigenvalue weighted by Crippen LogP contribution is 2.11. The first-order valence-electron chi connectivity index (χ1n) is 14.3. The fourth-order valence-corrected chi connectivity index (χ4v) is 4.01. The summed E-state index contributed by atoms with van der Waals surface area (Å²) in [5.41, 5.74) is 10.6. The maximum atomic E-state index is 12.4. The van der Waals surface area contributed by atoms with Crippen LogP contribution in [0.25, 0.3) is 0 Å². The molecule has 0 aliphatic carbocycles. The van der Waals surface area contributed by atoms with Crippen LogP contribution in [0.4, 0.5) is 0 Å². The largest absolute Gasteiger partial charge is 0.480 e. The summed E-state index contributed by atoms with van der Waals surface area (Å²) in [6, 6.07) is -4.56. The van der Waals surface area contributed by atoms with Gasteiger partial charge in [0, 0.05) is 12.8 Å². The lowest BCUT2D eigenvalue weighted by atomic mass is 10.0. The molecule has 0 bridgehead atoms. The van der Waals surface area contributed by atoms with Crippen LogP contribution in [-0.2, 0) is 28.8 Å². The average Bonchev–Trinajstić information content (AvgIpc) is 2.88. The highest BCUT2D eigenvalue weighted by molar-refractivity contribution is 5.90. The van der Waals surface area contributed by atoms with E-state index >= 15 is 0 Å². The van der Waals surface area contributed by atoms with Crippen molar-refractivity contribution in [3.8, 4) is 0 Å². The van der Waals surface area contributed by atoms with E-state index in [1.165, 1.54) is 39.0 Å². The predicted octanol–water partition coefficient (Wildman–Crippen LogP) is 1.31. The molecule has 9 N–H and O–H groups in total. The van der Waals surface area contributed by atoms with Gasteiger partial charge in [0.2, 0.25) is 23.6 Å². The zero-order valence-corrected chi connectivity index (χ0v) is 23.9. The number of nitrogens with two attached hydrogens (primary N) is 2. The van der Waals surface area contributed by atoms with Crippen molar-refractivity contribution in [3.63, 3.8) is 0 Å². The van der Waals surface area contributed by atoms with Crippen LogP contribution >= 0.6 is 0 Å². The second-order valence-electron chi connectivity index (χ2n) is 10.2. The second-order valence-corrected chi connectivity index (χ2v) is 10.2. The molecule has 40 heavy (non-hydrogen) atoms. The monoisotopic (exact) mass is 571 g/mol. The van der Waals surface area contributed by atoms with E-state index in [1.54, 1.807) is 0 Å². The van der Waals surface area contributed by atoms with Crippen LogP contribution in [0.2, 0.25) is 0 Å². The molecule has 0 rings (SSSR count). The maximum Gasteiger partial charge on any atom is 0.326 e. The number of carboxylic acid groups (broad SMARTS) is 2. The molecular weight excluding hydrogens is 522 g/mol. The molecule has 13 heteroatoms. The third-order valence-corrected chi connectivity index (χ3v) is 6.56. The van der Waals surface area contributed by atoms with Crippen LogP contribution < -0.4 is 27.4 Å². The number of carboxylic acids is 2. The zero-order chi connectivity index (χ0) is 30.5. The molecule has 0 fully saturated rings. The van der Waals surface area contributed by atoms with E-state index in [0.717, 1.165) is 19.3 Å². The van der Waals surface area contributed by atoms with Crippen molar-refractivity contribution in [1.82, 2.24) is 16.0 Å². The third-order valence-electron chi connectivity index (χ3n) is 6.56. The minimum atomic E-state index is -1.41. The van der Waals surface area contributed by atoms with Gasteiger partial charge in [-0.05, 0) is 39.0 Å².